The van der Waals surface area contributed by atoms with Gasteiger partial charge >= 0.3 is 6.18 Å². The van der Waals surface area contributed by atoms with Gasteiger partial charge in [0, 0.05) is 24.2 Å². The molecule has 0 unspecified atom stereocenters. The minimum Gasteiger partial charge on any atom is -0.341 e. The number of nitrogens with one attached hydrogen (secondary N) is 1. The van der Waals surface area contributed by atoms with Crippen molar-refractivity contribution in [2.24, 2.45) is 0 Å². The van der Waals surface area contributed by atoms with Crippen molar-refractivity contribution in [3.8, 4) is 11.8 Å². The summed E-state index contributed by atoms with van der Waals surface area (Å²) in [5.41, 5.74) is 0.110. The molecule has 2 aromatic rings. The minimum absolute atomic E-state index is 0.0992. The molecule has 1 amide bonds. The van der Waals surface area contributed by atoms with Gasteiger partial charge in [-0.3, -0.25) is 4.79 Å². The maximum absolute atomic E-state index is 13.0. The Morgan fingerprint density at radius 2 is 1.81 bits per heavy atom. The van der Waals surface area contributed by atoms with Gasteiger partial charge in [0.05, 0.1) is 17.0 Å². The van der Waals surface area contributed by atoms with Crippen molar-refractivity contribution < 1.29 is 26.4 Å². The summed E-state index contributed by atoms with van der Waals surface area (Å²) in [6, 6.07) is 9.07. The number of carbonyl (C=O) groups is 1. The van der Waals surface area contributed by atoms with Gasteiger partial charge in [0.25, 0.3) is 5.91 Å². The zero-order valence-electron chi connectivity index (χ0n) is 17.5. The highest BCUT2D eigenvalue weighted by Crippen LogP contribution is 2.29. The lowest BCUT2D eigenvalue weighted by Gasteiger charge is -2.26. The van der Waals surface area contributed by atoms with E-state index in [1.54, 1.807) is 13.0 Å². The first-order valence-electron chi connectivity index (χ1n) is 10.1. The lowest BCUT2D eigenvalue weighted by atomic mass is 10.1. The van der Waals surface area contributed by atoms with Gasteiger partial charge in [-0.1, -0.05) is 30.4 Å². The van der Waals surface area contributed by atoms with Gasteiger partial charge < -0.3 is 5.32 Å². The summed E-state index contributed by atoms with van der Waals surface area (Å²) in [6.45, 7) is 2.50. The molecule has 1 fully saturated rings. The van der Waals surface area contributed by atoms with Gasteiger partial charge in [-0.05, 0) is 55.7 Å². The second-order valence-electron chi connectivity index (χ2n) is 7.51. The summed E-state index contributed by atoms with van der Waals surface area (Å²) in [6.07, 6.45) is -1.84. The summed E-state index contributed by atoms with van der Waals surface area (Å²) >= 11 is 0. The first-order valence-corrected chi connectivity index (χ1v) is 11.6. The van der Waals surface area contributed by atoms with Gasteiger partial charge in [0.1, 0.15) is 0 Å². The molecule has 32 heavy (non-hydrogen) atoms. The van der Waals surface area contributed by atoms with Crippen LogP contribution in [0.25, 0.3) is 0 Å². The third kappa shape index (κ3) is 5.69. The number of piperidine rings is 1. The Morgan fingerprint density at radius 3 is 2.50 bits per heavy atom. The third-order valence-electron chi connectivity index (χ3n) is 5.14. The smallest absolute Gasteiger partial charge is 0.341 e. The highest BCUT2D eigenvalue weighted by atomic mass is 32.2. The van der Waals surface area contributed by atoms with Crippen LogP contribution in [0, 0.1) is 18.8 Å². The van der Waals surface area contributed by atoms with Gasteiger partial charge in [0.15, 0.2) is 0 Å². The molecule has 1 heterocycles. The number of nitrogens with zero attached hydrogens (tertiary/aromatic N) is 1. The first kappa shape index (κ1) is 23.8. The van der Waals surface area contributed by atoms with Crippen molar-refractivity contribution >= 4 is 15.9 Å². The Morgan fingerprint density at radius 1 is 1.09 bits per heavy atom. The second-order valence-corrected chi connectivity index (χ2v) is 9.41. The third-order valence-corrected chi connectivity index (χ3v) is 7.18. The van der Waals surface area contributed by atoms with Crippen molar-refractivity contribution in [1.82, 2.24) is 9.62 Å². The summed E-state index contributed by atoms with van der Waals surface area (Å²) in [7, 11) is -3.69. The van der Waals surface area contributed by atoms with Gasteiger partial charge in [-0.25, -0.2) is 8.42 Å². The van der Waals surface area contributed by atoms with E-state index < -0.39 is 27.7 Å². The van der Waals surface area contributed by atoms with Gasteiger partial charge in [0.2, 0.25) is 10.0 Å². The number of halogens is 3. The van der Waals surface area contributed by atoms with E-state index in [-0.39, 0.29) is 22.6 Å². The fraction of sp³-hybridized carbons (Fsp3) is 0.348. The van der Waals surface area contributed by atoms with E-state index >= 15 is 0 Å². The fourth-order valence-electron chi connectivity index (χ4n) is 3.41. The first-order chi connectivity index (χ1) is 15.1. The quantitative estimate of drug-likeness (QED) is 0.697. The molecular formula is C23H23F3N2O3S. The average molecular weight is 465 g/mol. The lowest BCUT2D eigenvalue weighted by molar-refractivity contribution is -0.137. The predicted octanol–water partition coefficient (Wildman–Crippen LogP) is 3.97. The molecule has 0 bridgehead atoms. The highest BCUT2D eigenvalue weighted by Gasteiger charge is 2.30. The van der Waals surface area contributed by atoms with Crippen LogP contribution >= 0.6 is 0 Å². The normalized spacial score (nSPS) is 15.0. The standard InChI is InChI=1S/C23H23F3N2O3S/c1-17-10-11-19(16-21(17)32(30,31)28-13-3-2-4-14-28)22(29)27-12-6-8-18-7-5-9-20(15-18)23(24,25)26/h5,7,9-11,15-16H,2-4,12-14H2,1H3,(H,27,29). The van der Waals surface area contributed by atoms with Crippen molar-refractivity contribution in [3.63, 3.8) is 0 Å². The van der Waals surface area contributed by atoms with Crippen LogP contribution in [-0.4, -0.2) is 38.3 Å². The molecule has 0 atom stereocenters. The molecule has 5 nitrogen and oxygen atoms in total. The van der Waals surface area contributed by atoms with Crippen molar-refractivity contribution in [3.05, 3.63) is 64.7 Å². The minimum atomic E-state index is -4.45. The molecule has 0 spiro atoms. The van der Waals surface area contributed by atoms with Crippen LogP contribution in [0.15, 0.2) is 47.4 Å². The Bertz CT molecular complexity index is 1160. The summed E-state index contributed by atoms with van der Waals surface area (Å²) in [4.78, 5) is 12.6. The van der Waals surface area contributed by atoms with Crippen molar-refractivity contribution in [2.75, 3.05) is 19.6 Å². The average Bonchev–Trinajstić information content (AvgIpc) is 2.77. The molecule has 9 heteroatoms. The molecule has 0 aromatic heterocycles. The molecule has 1 aliphatic rings. The molecule has 1 saturated heterocycles. The Labute approximate surface area is 185 Å². The molecule has 0 radical (unpaired) electrons. The van der Waals surface area contributed by atoms with Crippen LogP contribution in [0.3, 0.4) is 0 Å². The largest absolute Gasteiger partial charge is 0.416 e. The molecule has 170 valence electrons. The maximum Gasteiger partial charge on any atom is 0.416 e. The number of hydrogen-bond donors (Lipinski definition) is 1. The molecule has 2 aromatic carbocycles. The van der Waals surface area contributed by atoms with E-state index in [1.807, 2.05) is 0 Å². The summed E-state index contributed by atoms with van der Waals surface area (Å²) in [5.74, 6) is 4.68. The van der Waals surface area contributed by atoms with Crippen molar-refractivity contribution in [2.45, 2.75) is 37.3 Å². The number of aryl methyl sites for hydroxylation is 1. The molecule has 0 saturated carbocycles. The van der Waals surface area contributed by atoms with Crippen LogP contribution in [0.2, 0.25) is 0 Å². The zero-order valence-corrected chi connectivity index (χ0v) is 18.3. The lowest BCUT2D eigenvalue weighted by Crippen LogP contribution is -2.36. The van der Waals surface area contributed by atoms with E-state index in [4.69, 9.17) is 0 Å². The van der Waals surface area contributed by atoms with E-state index in [9.17, 15) is 26.4 Å². The number of hydrogen-bond acceptors (Lipinski definition) is 3. The van der Waals surface area contributed by atoms with Crippen molar-refractivity contribution in [1.29, 1.82) is 0 Å². The monoisotopic (exact) mass is 464 g/mol. The van der Waals surface area contributed by atoms with E-state index in [2.05, 4.69) is 17.2 Å². The number of alkyl halides is 3. The Balaban J connectivity index is 1.69. The van der Waals surface area contributed by atoms with Crippen LogP contribution in [0.4, 0.5) is 13.2 Å². The highest BCUT2D eigenvalue weighted by molar-refractivity contribution is 7.89. The number of amides is 1. The fourth-order valence-corrected chi connectivity index (χ4v) is 5.18. The van der Waals surface area contributed by atoms with Gasteiger partial charge in [-0.2, -0.15) is 17.5 Å². The summed E-state index contributed by atoms with van der Waals surface area (Å²) in [5, 5.41) is 2.55. The number of rotatable bonds is 4. The topological polar surface area (TPSA) is 66.5 Å². The summed E-state index contributed by atoms with van der Waals surface area (Å²) < 4.78 is 65.7. The van der Waals surface area contributed by atoms with E-state index in [0.29, 0.717) is 18.7 Å². The second kappa shape index (κ2) is 9.76. The van der Waals surface area contributed by atoms with Crippen LogP contribution in [-0.2, 0) is 16.2 Å². The molecule has 1 aliphatic heterocycles. The molecular weight excluding hydrogens is 441 g/mol. The number of benzene rings is 2. The van der Waals surface area contributed by atoms with Crippen LogP contribution < -0.4 is 5.32 Å². The number of carbonyl (C=O) groups excluding carboxylic acids is 1. The number of sulfonamides is 1. The van der Waals surface area contributed by atoms with E-state index in [0.717, 1.165) is 31.4 Å². The van der Waals surface area contributed by atoms with Crippen LogP contribution in [0.1, 0.15) is 46.3 Å². The Kier molecular flexibility index (Phi) is 7.26. The molecule has 1 N–H and O–H groups in total. The molecule has 0 aliphatic carbocycles. The van der Waals surface area contributed by atoms with Gasteiger partial charge in [-0.15, -0.1) is 0 Å². The SMILES string of the molecule is Cc1ccc(C(=O)NCC#Cc2cccc(C(F)(F)F)c2)cc1S(=O)(=O)N1CCCCC1. The Hall–Kier alpha value is -2.83. The predicted molar refractivity (Wildman–Crippen MR) is 114 cm³/mol. The molecule has 3 rings (SSSR count). The van der Waals surface area contributed by atoms with Crippen LogP contribution in [0.5, 0.6) is 0 Å². The maximum atomic E-state index is 13.0. The van der Waals surface area contributed by atoms with E-state index in [1.165, 1.54) is 28.6 Å². The zero-order chi connectivity index (χ0) is 23.4.